The summed E-state index contributed by atoms with van der Waals surface area (Å²) in [6, 6.07) is 2.06. The van der Waals surface area contributed by atoms with Gasteiger partial charge in [0.15, 0.2) is 11.5 Å². The molecule has 1 amide bonds. The van der Waals surface area contributed by atoms with E-state index in [0.717, 1.165) is 55.2 Å². The normalized spacial score (nSPS) is 16.2. The van der Waals surface area contributed by atoms with Crippen LogP contribution in [0.2, 0.25) is 0 Å². The Balaban J connectivity index is 1.84. The Hall–Kier alpha value is -1.95. The van der Waals surface area contributed by atoms with Gasteiger partial charge in [0.05, 0.1) is 5.69 Å². The Morgan fingerprint density at radius 3 is 2.62 bits per heavy atom. The van der Waals surface area contributed by atoms with Crippen LogP contribution < -0.4 is 5.32 Å². The van der Waals surface area contributed by atoms with E-state index in [9.17, 15) is 4.79 Å². The number of carbonyl (C=O) groups is 1. The molecule has 0 unspecified atom stereocenters. The van der Waals surface area contributed by atoms with E-state index in [1.807, 2.05) is 27.7 Å². The quantitative estimate of drug-likeness (QED) is 0.901. The number of hydrogen-bond acceptors (Lipinski definition) is 4. The van der Waals surface area contributed by atoms with Crippen LogP contribution in [0.5, 0.6) is 0 Å². The number of nitrogens with zero attached hydrogens (tertiary/aromatic N) is 3. The third-order valence-corrected chi connectivity index (χ3v) is 4.84. The molecular formula is C20H30N4O2. The van der Waals surface area contributed by atoms with Crippen LogP contribution >= 0.6 is 0 Å². The van der Waals surface area contributed by atoms with E-state index in [1.165, 1.54) is 0 Å². The Morgan fingerprint density at radius 1 is 1.27 bits per heavy atom. The molecule has 1 fully saturated rings. The second-order valence-electron chi connectivity index (χ2n) is 8.60. The fraction of sp³-hybridized carbons (Fsp3) is 0.650. The molecular weight excluding hydrogens is 328 g/mol. The molecule has 1 saturated heterocycles. The summed E-state index contributed by atoms with van der Waals surface area (Å²) in [5.41, 5.74) is 3.60. The van der Waals surface area contributed by atoms with Crippen molar-refractivity contribution in [2.45, 2.75) is 60.4 Å². The lowest BCUT2D eigenvalue weighted by Gasteiger charge is -2.23. The van der Waals surface area contributed by atoms with Crippen molar-refractivity contribution >= 4 is 22.9 Å². The molecule has 1 N–H and O–H groups in total. The molecule has 26 heavy (non-hydrogen) atoms. The monoisotopic (exact) mass is 358 g/mol. The number of fused-ring (bicyclic) bond motifs is 1. The van der Waals surface area contributed by atoms with Gasteiger partial charge in [0.25, 0.3) is 0 Å². The van der Waals surface area contributed by atoms with Crippen molar-refractivity contribution in [2.24, 2.45) is 11.3 Å². The number of rotatable bonds is 4. The lowest BCUT2D eigenvalue weighted by Crippen LogP contribution is -2.22. The number of carbonyl (C=O) groups excluding carboxylic acids is 1. The molecule has 142 valence electrons. The minimum Gasteiger partial charge on any atom is -0.381 e. The van der Waals surface area contributed by atoms with Gasteiger partial charge >= 0.3 is 0 Å². The summed E-state index contributed by atoms with van der Waals surface area (Å²) < 4.78 is 7.72. The first-order valence-corrected chi connectivity index (χ1v) is 9.45. The topological polar surface area (TPSA) is 69.0 Å². The predicted molar refractivity (Wildman–Crippen MR) is 103 cm³/mol. The molecule has 2 aromatic heterocycles. The van der Waals surface area contributed by atoms with E-state index < -0.39 is 0 Å². The first kappa shape index (κ1) is 18.8. The molecule has 0 radical (unpaired) electrons. The van der Waals surface area contributed by atoms with Gasteiger partial charge in [-0.1, -0.05) is 20.8 Å². The standard InChI is InChI=1S/C20H30N4O2/c1-13-10-16-19(24(13)12-15-6-8-26-9-7-15)21-14(2)18(22-16)23-17(25)11-20(3,4)5/h10,15H,6-9,11-12H2,1-5H3,(H,22,23,25). The van der Waals surface area contributed by atoms with Gasteiger partial charge < -0.3 is 14.6 Å². The molecule has 1 aliphatic heterocycles. The van der Waals surface area contributed by atoms with E-state index in [0.29, 0.717) is 18.2 Å². The average molecular weight is 358 g/mol. The zero-order valence-corrected chi connectivity index (χ0v) is 16.6. The highest BCUT2D eigenvalue weighted by molar-refractivity contribution is 5.91. The van der Waals surface area contributed by atoms with Crippen LogP contribution in [0, 0.1) is 25.2 Å². The summed E-state index contributed by atoms with van der Waals surface area (Å²) in [7, 11) is 0. The van der Waals surface area contributed by atoms with Crippen molar-refractivity contribution in [3.05, 3.63) is 17.5 Å². The first-order chi connectivity index (χ1) is 12.2. The minimum atomic E-state index is -0.0564. The van der Waals surface area contributed by atoms with Crippen molar-refractivity contribution in [1.82, 2.24) is 14.5 Å². The van der Waals surface area contributed by atoms with Gasteiger partial charge in [0.2, 0.25) is 5.91 Å². The van der Waals surface area contributed by atoms with Crippen LogP contribution in [0.1, 0.15) is 51.4 Å². The number of aryl methyl sites for hydroxylation is 2. The highest BCUT2D eigenvalue weighted by atomic mass is 16.5. The molecule has 0 spiro atoms. The molecule has 0 aromatic carbocycles. The summed E-state index contributed by atoms with van der Waals surface area (Å²) >= 11 is 0. The van der Waals surface area contributed by atoms with Crippen molar-refractivity contribution in [2.75, 3.05) is 18.5 Å². The third-order valence-electron chi connectivity index (χ3n) is 4.84. The van der Waals surface area contributed by atoms with E-state index in [4.69, 9.17) is 9.72 Å². The van der Waals surface area contributed by atoms with Crippen molar-refractivity contribution in [1.29, 1.82) is 0 Å². The zero-order valence-electron chi connectivity index (χ0n) is 16.6. The van der Waals surface area contributed by atoms with Crippen molar-refractivity contribution in [3.63, 3.8) is 0 Å². The summed E-state index contributed by atoms with van der Waals surface area (Å²) in [5, 5.41) is 2.93. The number of hydrogen-bond donors (Lipinski definition) is 1. The molecule has 3 rings (SSSR count). The highest BCUT2D eigenvalue weighted by Crippen LogP contribution is 2.25. The maximum atomic E-state index is 12.3. The summed E-state index contributed by atoms with van der Waals surface area (Å²) in [4.78, 5) is 21.7. The summed E-state index contributed by atoms with van der Waals surface area (Å²) in [5.74, 6) is 1.16. The molecule has 0 saturated carbocycles. The molecule has 2 aromatic rings. The van der Waals surface area contributed by atoms with Crippen molar-refractivity contribution in [3.8, 4) is 0 Å². The lowest BCUT2D eigenvalue weighted by atomic mass is 9.92. The third kappa shape index (κ3) is 4.41. The van der Waals surface area contributed by atoms with Crippen LogP contribution in [0.3, 0.4) is 0 Å². The van der Waals surface area contributed by atoms with Gasteiger partial charge in [0, 0.05) is 31.9 Å². The molecule has 1 aliphatic rings. The largest absolute Gasteiger partial charge is 0.381 e. The Labute approximate surface area is 155 Å². The zero-order chi connectivity index (χ0) is 18.9. The molecule has 3 heterocycles. The van der Waals surface area contributed by atoms with Gasteiger partial charge in [-0.15, -0.1) is 0 Å². The molecule has 0 aliphatic carbocycles. The number of anilines is 1. The second-order valence-corrected chi connectivity index (χ2v) is 8.60. The van der Waals surface area contributed by atoms with Gasteiger partial charge in [-0.3, -0.25) is 4.79 Å². The molecule has 0 atom stereocenters. The SMILES string of the molecule is Cc1nc2c(cc(C)n2CC2CCOCC2)nc1NC(=O)CC(C)(C)C. The highest BCUT2D eigenvalue weighted by Gasteiger charge is 2.20. The van der Waals surface area contributed by atoms with Gasteiger partial charge in [0.1, 0.15) is 5.52 Å². The molecule has 0 bridgehead atoms. The molecule has 6 heteroatoms. The minimum absolute atomic E-state index is 0.0207. The number of nitrogens with one attached hydrogen (secondary N) is 1. The fourth-order valence-corrected chi connectivity index (χ4v) is 3.45. The maximum Gasteiger partial charge on any atom is 0.226 e. The van der Waals surface area contributed by atoms with E-state index in [1.54, 1.807) is 0 Å². The number of amides is 1. The van der Waals surface area contributed by atoms with E-state index >= 15 is 0 Å². The van der Waals surface area contributed by atoms with Crippen LogP contribution in [-0.4, -0.2) is 33.7 Å². The van der Waals surface area contributed by atoms with Gasteiger partial charge in [-0.2, -0.15) is 0 Å². The Morgan fingerprint density at radius 2 is 1.96 bits per heavy atom. The summed E-state index contributed by atoms with van der Waals surface area (Å²) in [6.45, 7) is 12.8. The molecule has 6 nitrogen and oxygen atoms in total. The predicted octanol–water partition coefficient (Wildman–Crippen LogP) is 3.85. The van der Waals surface area contributed by atoms with E-state index in [2.05, 4.69) is 27.9 Å². The lowest BCUT2D eigenvalue weighted by molar-refractivity contribution is -0.117. The van der Waals surface area contributed by atoms with Crippen LogP contribution in [0.25, 0.3) is 11.2 Å². The summed E-state index contributed by atoms with van der Waals surface area (Å²) in [6.07, 6.45) is 2.63. The Bertz CT molecular complexity index is 798. The van der Waals surface area contributed by atoms with Crippen LogP contribution in [0.15, 0.2) is 6.07 Å². The number of ether oxygens (including phenoxy) is 1. The van der Waals surface area contributed by atoms with E-state index in [-0.39, 0.29) is 11.3 Å². The second kappa shape index (κ2) is 7.35. The van der Waals surface area contributed by atoms with Crippen molar-refractivity contribution < 1.29 is 9.53 Å². The average Bonchev–Trinajstić information content (AvgIpc) is 2.82. The van der Waals surface area contributed by atoms with Gasteiger partial charge in [-0.25, -0.2) is 9.97 Å². The van der Waals surface area contributed by atoms with Gasteiger partial charge in [-0.05, 0) is 44.1 Å². The Kier molecular flexibility index (Phi) is 5.32. The van der Waals surface area contributed by atoms with Crippen LogP contribution in [-0.2, 0) is 16.1 Å². The fourth-order valence-electron chi connectivity index (χ4n) is 3.45. The number of aromatic nitrogens is 3. The maximum absolute atomic E-state index is 12.3. The van der Waals surface area contributed by atoms with Crippen LogP contribution in [0.4, 0.5) is 5.82 Å². The smallest absolute Gasteiger partial charge is 0.226 e. The first-order valence-electron chi connectivity index (χ1n) is 9.45.